The van der Waals surface area contributed by atoms with Crippen molar-refractivity contribution in [2.75, 3.05) is 0 Å². The second-order valence-corrected chi connectivity index (χ2v) is 3.66. The summed E-state index contributed by atoms with van der Waals surface area (Å²) in [5.74, 6) is 3.12. The maximum atomic E-state index is 10.9. The summed E-state index contributed by atoms with van der Waals surface area (Å²) >= 11 is 0. The predicted molar refractivity (Wildman–Crippen MR) is 65.7 cm³/mol. The molecule has 18 heavy (non-hydrogen) atoms. The number of nitro groups is 1. The SMILES string of the molecule is C#CCCc1cc(-c2ccccc2[N+](=O)[O-])no1. The van der Waals surface area contributed by atoms with Crippen LogP contribution >= 0.6 is 0 Å². The third-order valence-corrected chi connectivity index (χ3v) is 2.45. The molecule has 2 rings (SSSR count). The summed E-state index contributed by atoms with van der Waals surface area (Å²) in [6.07, 6.45) is 6.28. The lowest BCUT2D eigenvalue weighted by atomic mass is 10.1. The molecule has 0 fully saturated rings. The molecule has 0 saturated carbocycles. The smallest absolute Gasteiger partial charge is 0.278 e. The molecule has 1 heterocycles. The second-order valence-electron chi connectivity index (χ2n) is 3.66. The maximum absolute atomic E-state index is 10.9. The summed E-state index contributed by atoms with van der Waals surface area (Å²) in [5, 5.41) is 14.7. The summed E-state index contributed by atoms with van der Waals surface area (Å²) < 4.78 is 5.09. The van der Waals surface area contributed by atoms with Crippen molar-refractivity contribution in [3.05, 3.63) is 46.2 Å². The van der Waals surface area contributed by atoms with Crippen LogP contribution < -0.4 is 0 Å². The van der Waals surface area contributed by atoms with E-state index in [0.29, 0.717) is 29.9 Å². The van der Waals surface area contributed by atoms with Gasteiger partial charge in [0.2, 0.25) is 0 Å². The number of rotatable bonds is 4. The number of hydrogen-bond donors (Lipinski definition) is 0. The van der Waals surface area contributed by atoms with Crippen molar-refractivity contribution >= 4 is 5.69 Å². The fourth-order valence-corrected chi connectivity index (χ4v) is 1.60. The minimum absolute atomic E-state index is 0.00861. The van der Waals surface area contributed by atoms with Crippen molar-refractivity contribution in [1.29, 1.82) is 0 Å². The van der Waals surface area contributed by atoms with Crippen LogP contribution in [0.25, 0.3) is 11.3 Å². The molecule has 0 saturated heterocycles. The number of benzene rings is 1. The van der Waals surface area contributed by atoms with Crippen LogP contribution in [0.4, 0.5) is 5.69 Å². The summed E-state index contributed by atoms with van der Waals surface area (Å²) in [4.78, 5) is 10.5. The molecule has 0 unspecified atom stereocenters. The average Bonchev–Trinajstić information content (AvgIpc) is 2.85. The summed E-state index contributed by atoms with van der Waals surface area (Å²) in [5.41, 5.74) is 0.904. The van der Waals surface area contributed by atoms with Gasteiger partial charge in [0.25, 0.3) is 5.69 Å². The van der Waals surface area contributed by atoms with Gasteiger partial charge in [-0.05, 0) is 6.07 Å². The van der Waals surface area contributed by atoms with Gasteiger partial charge in [0.1, 0.15) is 11.5 Å². The van der Waals surface area contributed by atoms with Crippen LogP contribution in [0.3, 0.4) is 0 Å². The molecule has 5 heteroatoms. The first kappa shape index (κ1) is 11.9. The number of terminal acetylenes is 1. The Morgan fingerprint density at radius 2 is 2.22 bits per heavy atom. The minimum atomic E-state index is -0.439. The molecule has 0 N–H and O–H groups in total. The largest absolute Gasteiger partial charge is 0.361 e. The number of hydrogen-bond acceptors (Lipinski definition) is 4. The van der Waals surface area contributed by atoms with Gasteiger partial charge >= 0.3 is 0 Å². The van der Waals surface area contributed by atoms with Crippen LogP contribution in [0.5, 0.6) is 0 Å². The molecule has 1 aromatic heterocycles. The molecule has 0 spiro atoms. The van der Waals surface area contributed by atoms with Gasteiger partial charge in [-0.25, -0.2) is 0 Å². The Hall–Kier alpha value is -2.61. The summed E-state index contributed by atoms with van der Waals surface area (Å²) in [6, 6.07) is 8.09. The topological polar surface area (TPSA) is 69.2 Å². The van der Waals surface area contributed by atoms with E-state index in [1.807, 2.05) is 0 Å². The monoisotopic (exact) mass is 242 g/mol. The van der Waals surface area contributed by atoms with Crippen molar-refractivity contribution in [3.63, 3.8) is 0 Å². The first-order valence-corrected chi connectivity index (χ1v) is 5.35. The Kier molecular flexibility index (Phi) is 3.39. The molecular weight excluding hydrogens is 232 g/mol. The van der Waals surface area contributed by atoms with E-state index in [0.717, 1.165) is 0 Å². The van der Waals surface area contributed by atoms with Gasteiger partial charge in [0, 0.05) is 25.0 Å². The first-order valence-electron chi connectivity index (χ1n) is 5.35. The Morgan fingerprint density at radius 1 is 1.44 bits per heavy atom. The van der Waals surface area contributed by atoms with E-state index < -0.39 is 4.92 Å². The van der Waals surface area contributed by atoms with E-state index in [1.165, 1.54) is 6.07 Å². The van der Waals surface area contributed by atoms with Crippen molar-refractivity contribution in [2.24, 2.45) is 0 Å². The van der Waals surface area contributed by atoms with Gasteiger partial charge in [-0.2, -0.15) is 0 Å². The summed E-state index contributed by atoms with van der Waals surface area (Å²) in [6.45, 7) is 0. The van der Waals surface area contributed by atoms with Crippen molar-refractivity contribution in [2.45, 2.75) is 12.8 Å². The minimum Gasteiger partial charge on any atom is -0.361 e. The van der Waals surface area contributed by atoms with E-state index in [2.05, 4.69) is 11.1 Å². The third-order valence-electron chi connectivity index (χ3n) is 2.45. The maximum Gasteiger partial charge on any atom is 0.278 e. The molecule has 5 nitrogen and oxygen atoms in total. The highest BCUT2D eigenvalue weighted by Crippen LogP contribution is 2.29. The van der Waals surface area contributed by atoms with Crippen LogP contribution in [-0.4, -0.2) is 10.1 Å². The zero-order chi connectivity index (χ0) is 13.0. The second kappa shape index (κ2) is 5.15. The summed E-state index contributed by atoms with van der Waals surface area (Å²) in [7, 11) is 0. The van der Waals surface area contributed by atoms with E-state index in [9.17, 15) is 10.1 Å². The van der Waals surface area contributed by atoms with Crippen LogP contribution in [0, 0.1) is 22.5 Å². The van der Waals surface area contributed by atoms with E-state index in [1.54, 1.807) is 24.3 Å². The highest BCUT2D eigenvalue weighted by molar-refractivity contribution is 5.70. The van der Waals surface area contributed by atoms with Crippen molar-refractivity contribution < 1.29 is 9.45 Å². The normalized spacial score (nSPS) is 9.94. The molecule has 0 amide bonds. The van der Waals surface area contributed by atoms with Crippen LogP contribution in [0.1, 0.15) is 12.2 Å². The van der Waals surface area contributed by atoms with Gasteiger partial charge in [-0.1, -0.05) is 17.3 Å². The quantitative estimate of drug-likeness (QED) is 0.469. The Balaban J connectivity index is 2.34. The highest BCUT2D eigenvalue weighted by atomic mass is 16.6. The Labute approximate surface area is 104 Å². The molecular formula is C13H10N2O3. The van der Waals surface area contributed by atoms with Gasteiger partial charge in [0.15, 0.2) is 0 Å². The van der Waals surface area contributed by atoms with Crippen molar-refractivity contribution in [1.82, 2.24) is 5.16 Å². The van der Waals surface area contributed by atoms with Gasteiger partial charge < -0.3 is 4.52 Å². The Morgan fingerprint density at radius 3 is 2.94 bits per heavy atom. The molecule has 2 aromatic rings. The van der Waals surface area contributed by atoms with Crippen molar-refractivity contribution in [3.8, 4) is 23.6 Å². The van der Waals surface area contributed by atoms with Gasteiger partial charge in [-0.15, -0.1) is 12.3 Å². The predicted octanol–water partition coefficient (Wildman–Crippen LogP) is 2.82. The van der Waals surface area contributed by atoms with Crippen LogP contribution in [0.2, 0.25) is 0 Å². The number of aryl methyl sites for hydroxylation is 1. The zero-order valence-corrected chi connectivity index (χ0v) is 9.50. The molecule has 90 valence electrons. The average molecular weight is 242 g/mol. The zero-order valence-electron chi connectivity index (χ0n) is 9.50. The molecule has 0 bridgehead atoms. The fraction of sp³-hybridized carbons (Fsp3) is 0.154. The lowest BCUT2D eigenvalue weighted by Crippen LogP contribution is -1.91. The molecule has 0 radical (unpaired) electrons. The molecule has 0 aliphatic carbocycles. The standard InChI is InChI=1S/C13H10N2O3/c1-2-3-6-10-9-12(14-18-10)11-7-4-5-8-13(11)15(16)17/h1,4-5,7-9H,3,6H2. The molecule has 0 aliphatic heterocycles. The number of nitrogens with zero attached hydrogens (tertiary/aromatic N) is 2. The van der Waals surface area contributed by atoms with E-state index in [4.69, 9.17) is 10.9 Å². The number of nitro benzene ring substituents is 1. The number of aromatic nitrogens is 1. The molecule has 1 aromatic carbocycles. The van der Waals surface area contributed by atoms with E-state index in [-0.39, 0.29) is 5.69 Å². The first-order chi connectivity index (χ1) is 8.72. The number of para-hydroxylation sites is 1. The third kappa shape index (κ3) is 2.38. The lowest BCUT2D eigenvalue weighted by molar-refractivity contribution is -0.384. The van der Waals surface area contributed by atoms with Crippen LogP contribution in [0.15, 0.2) is 34.9 Å². The highest BCUT2D eigenvalue weighted by Gasteiger charge is 2.17. The van der Waals surface area contributed by atoms with Gasteiger partial charge in [-0.3, -0.25) is 10.1 Å². The molecule has 0 aliphatic rings. The fourth-order valence-electron chi connectivity index (χ4n) is 1.60. The Bertz CT molecular complexity index is 611. The molecule has 0 atom stereocenters. The van der Waals surface area contributed by atoms with Gasteiger partial charge in [0.05, 0.1) is 10.5 Å². The lowest BCUT2D eigenvalue weighted by Gasteiger charge is -1.96. The van der Waals surface area contributed by atoms with Crippen LogP contribution in [-0.2, 0) is 6.42 Å². The van der Waals surface area contributed by atoms with E-state index >= 15 is 0 Å².